The number of methoxy groups -OCH3 is 1. The average Bonchev–Trinajstić information content (AvgIpc) is 2.68. The van der Waals surface area contributed by atoms with Crippen LogP contribution >= 0.6 is 0 Å². The van der Waals surface area contributed by atoms with Gasteiger partial charge in [-0.25, -0.2) is 4.79 Å². The molecule has 0 radical (unpaired) electrons. The van der Waals surface area contributed by atoms with Crippen molar-refractivity contribution in [3.8, 4) is 0 Å². The van der Waals surface area contributed by atoms with E-state index in [0.29, 0.717) is 11.3 Å². The molecule has 0 aromatic carbocycles. The van der Waals surface area contributed by atoms with Gasteiger partial charge in [0, 0.05) is 0 Å². The van der Waals surface area contributed by atoms with Gasteiger partial charge in [-0.1, -0.05) is 0 Å². The van der Waals surface area contributed by atoms with Crippen molar-refractivity contribution in [2.75, 3.05) is 7.11 Å². The second-order valence-corrected chi connectivity index (χ2v) is 2.83. The summed E-state index contributed by atoms with van der Waals surface area (Å²) in [5.74, 6) is -0.0873. The van der Waals surface area contributed by atoms with Gasteiger partial charge in [0.25, 0.3) is 0 Å². The van der Waals surface area contributed by atoms with E-state index in [1.807, 2.05) is 0 Å². The van der Waals surface area contributed by atoms with Crippen molar-refractivity contribution in [2.24, 2.45) is 0 Å². The van der Waals surface area contributed by atoms with E-state index in [1.165, 1.54) is 13.4 Å². The van der Waals surface area contributed by atoms with Gasteiger partial charge in [0.1, 0.15) is 5.76 Å². The Morgan fingerprint density at radius 1 is 1.71 bits per heavy atom. The van der Waals surface area contributed by atoms with Crippen molar-refractivity contribution in [2.45, 2.75) is 13.0 Å². The molecule has 1 atom stereocenters. The molecular formula is C10H12O4. The van der Waals surface area contributed by atoms with Gasteiger partial charge < -0.3 is 14.3 Å². The maximum absolute atomic E-state index is 10.9. The predicted octanol–water partition coefficient (Wildman–Crippen LogP) is 1.22. The maximum Gasteiger partial charge on any atom is 0.339 e. The van der Waals surface area contributed by atoms with Gasteiger partial charge in [0.2, 0.25) is 0 Å². The van der Waals surface area contributed by atoms with Gasteiger partial charge in [0.05, 0.1) is 13.4 Å². The number of ether oxygens (including phenoxy) is 1. The largest absolute Gasteiger partial charge is 0.467 e. The SMILES string of the molecule is COC(=O)C(O)/C(C)=C/c1ccco1. The van der Waals surface area contributed by atoms with Crippen LogP contribution in [0.5, 0.6) is 0 Å². The Balaban J connectivity index is 2.74. The van der Waals surface area contributed by atoms with Gasteiger partial charge in [-0.2, -0.15) is 0 Å². The van der Waals surface area contributed by atoms with Crippen LogP contribution < -0.4 is 0 Å². The van der Waals surface area contributed by atoms with Gasteiger partial charge in [-0.05, 0) is 30.7 Å². The lowest BCUT2D eigenvalue weighted by Crippen LogP contribution is -2.22. The summed E-state index contributed by atoms with van der Waals surface area (Å²) in [6, 6.07) is 3.46. The molecule has 14 heavy (non-hydrogen) atoms. The van der Waals surface area contributed by atoms with E-state index in [1.54, 1.807) is 25.1 Å². The van der Waals surface area contributed by atoms with Crippen LogP contribution in [0.25, 0.3) is 6.08 Å². The number of carbonyl (C=O) groups excluding carboxylic acids is 1. The number of aliphatic hydroxyl groups excluding tert-OH is 1. The lowest BCUT2D eigenvalue weighted by atomic mass is 10.1. The van der Waals surface area contributed by atoms with Crippen LogP contribution in [-0.4, -0.2) is 24.3 Å². The summed E-state index contributed by atoms with van der Waals surface area (Å²) < 4.78 is 9.42. The first-order chi connectivity index (χ1) is 6.65. The smallest absolute Gasteiger partial charge is 0.339 e. The van der Waals surface area contributed by atoms with Crippen LogP contribution in [-0.2, 0) is 9.53 Å². The molecule has 0 amide bonds. The molecule has 0 bridgehead atoms. The molecule has 0 saturated heterocycles. The van der Waals surface area contributed by atoms with E-state index < -0.39 is 12.1 Å². The lowest BCUT2D eigenvalue weighted by molar-refractivity contribution is -0.148. The zero-order valence-electron chi connectivity index (χ0n) is 8.06. The molecule has 0 saturated carbocycles. The van der Waals surface area contributed by atoms with E-state index >= 15 is 0 Å². The summed E-state index contributed by atoms with van der Waals surface area (Å²) in [7, 11) is 1.23. The predicted molar refractivity (Wildman–Crippen MR) is 50.4 cm³/mol. The second-order valence-electron chi connectivity index (χ2n) is 2.83. The molecule has 4 heteroatoms. The minimum Gasteiger partial charge on any atom is -0.467 e. The number of rotatable bonds is 3. The average molecular weight is 196 g/mol. The number of esters is 1. The van der Waals surface area contributed by atoms with Gasteiger partial charge in [-0.3, -0.25) is 0 Å². The zero-order valence-corrected chi connectivity index (χ0v) is 8.06. The van der Waals surface area contributed by atoms with Gasteiger partial charge >= 0.3 is 5.97 Å². The maximum atomic E-state index is 10.9. The van der Waals surface area contributed by atoms with Crippen LogP contribution in [0.15, 0.2) is 28.4 Å². The molecule has 1 heterocycles. The fraction of sp³-hybridized carbons (Fsp3) is 0.300. The van der Waals surface area contributed by atoms with Crippen molar-refractivity contribution in [1.82, 2.24) is 0 Å². The van der Waals surface area contributed by atoms with Crippen molar-refractivity contribution in [3.05, 3.63) is 29.7 Å². The van der Waals surface area contributed by atoms with Gasteiger partial charge in [0.15, 0.2) is 6.10 Å². The molecule has 1 aromatic heterocycles. The fourth-order valence-electron chi connectivity index (χ4n) is 0.974. The molecule has 1 unspecified atom stereocenters. The van der Waals surface area contributed by atoms with Crippen LogP contribution in [0.3, 0.4) is 0 Å². The molecule has 0 aliphatic rings. The second kappa shape index (κ2) is 4.62. The molecule has 0 fully saturated rings. The highest BCUT2D eigenvalue weighted by molar-refractivity contribution is 5.79. The van der Waals surface area contributed by atoms with E-state index in [9.17, 15) is 9.90 Å². The first kappa shape index (κ1) is 10.5. The first-order valence-corrected chi connectivity index (χ1v) is 4.12. The third kappa shape index (κ3) is 2.47. The monoisotopic (exact) mass is 196 g/mol. The van der Waals surface area contributed by atoms with Crippen LogP contribution in [0.2, 0.25) is 0 Å². The Hall–Kier alpha value is -1.55. The summed E-state index contributed by atoms with van der Waals surface area (Å²) in [5, 5.41) is 9.40. The Morgan fingerprint density at radius 3 is 2.93 bits per heavy atom. The molecular weight excluding hydrogens is 184 g/mol. The van der Waals surface area contributed by atoms with Crippen molar-refractivity contribution in [1.29, 1.82) is 0 Å². The summed E-state index contributed by atoms with van der Waals surface area (Å²) in [4.78, 5) is 10.9. The topological polar surface area (TPSA) is 59.7 Å². The molecule has 1 N–H and O–H groups in total. The quantitative estimate of drug-likeness (QED) is 0.738. The Morgan fingerprint density at radius 2 is 2.43 bits per heavy atom. The molecule has 0 aliphatic carbocycles. The van der Waals surface area contributed by atoms with Crippen molar-refractivity contribution >= 4 is 12.0 Å². The fourth-order valence-corrected chi connectivity index (χ4v) is 0.974. The van der Waals surface area contributed by atoms with E-state index in [2.05, 4.69) is 4.74 Å². The van der Waals surface area contributed by atoms with Crippen LogP contribution in [0.4, 0.5) is 0 Å². The Bertz CT molecular complexity index is 324. The lowest BCUT2D eigenvalue weighted by Gasteiger charge is -2.07. The third-order valence-corrected chi connectivity index (χ3v) is 1.77. The third-order valence-electron chi connectivity index (χ3n) is 1.77. The molecule has 0 aliphatic heterocycles. The molecule has 76 valence electrons. The first-order valence-electron chi connectivity index (χ1n) is 4.12. The molecule has 0 spiro atoms. The highest BCUT2D eigenvalue weighted by Crippen LogP contribution is 2.10. The number of hydrogen-bond acceptors (Lipinski definition) is 4. The van der Waals surface area contributed by atoms with E-state index in [0.717, 1.165) is 0 Å². The normalized spacial score (nSPS) is 13.8. The standard InChI is InChI=1S/C10H12O4/c1-7(9(11)10(12)13-2)6-8-4-3-5-14-8/h3-6,9,11H,1-2H3/b7-6+. The summed E-state index contributed by atoms with van der Waals surface area (Å²) >= 11 is 0. The summed E-state index contributed by atoms with van der Waals surface area (Å²) in [5.41, 5.74) is 0.479. The number of aliphatic hydroxyl groups is 1. The van der Waals surface area contributed by atoms with Crippen molar-refractivity contribution in [3.63, 3.8) is 0 Å². The Labute approximate surface area is 81.8 Å². The molecule has 4 nitrogen and oxygen atoms in total. The minimum absolute atomic E-state index is 0.479. The zero-order chi connectivity index (χ0) is 10.6. The van der Waals surface area contributed by atoms with Crippen LogP contribution in [0.1, 0.15) is 12.7 Å². The summed E-state index contributed by atoms with van der Waals surface area (Å²) in [6.07, 6.45) is 1.87. The van der Waals surface area contributed by atoms with Gasteiger partial charge in [-0.15, -0.1) is 0 Å². The number of carbonyl (C=O) groups is 1. The minimum atomic E-state index is -1.23. The molecule has 1 rings (SSSR count). The number of hydrogen-bond donors (Lipinski definition) is 1. The highest BCUT2D eigenvalue weighted by atomic mass is 16.5. The Kier molecular flexibility index (Phi) is 3.48. The molecule has 1 aromatic rings. The summed E-state index contributed by atoms with van der Waals surface area (Å²) in [6.45, 7) is 1.63. The number of furan rings is 1. The van der Waals surface area contributed by atoms with E-state index in [-0.39, 0.29) is 0 Å². The van der Waals surface area contributed by atoms with Crippen LogP contribution in [0, 0.1) is 0 Å². The van der Waals surface area contributed by atoms with Crippen molar-refractivity contribution < 1.29 is 19.1 Å². The highest BCUT2D eigenvalue weighted by Gasteiger charge is 2.17. The van der Waals surface area contributed by atoms with E-state index in [4.69, 9.17) is 4.42 Å².